The monoisotopic (exact) mass is 426 g/mol. The molecule has 2 aliphatic rings. The van der Waals surface area contributed by atoms with Gasteiger partial charge in [-0.1, -0.05) is 30.3 Å². The molecular weight excluding hydrogens is 399 g/mol. The molecule has 0 bridgehead atoms. The predicted octanol–water partition coefficient (Wildman–Crippen LogP) is 3.04. The molecule has 1 aromatic heterocycles. The van der Waals surface area contributed by atoms with Crippen molar-refractivity contribution in [3.8, 4) is 11.3 Å². The molecule has 2 aromatic rings. The van der Waals surface area contributed by atoms with Crippen molar-refractivity contribution >= 4 is 30.8 Å². The number of aromatic amines is 1. The van der Waals surface area contributed by atoms with Crippen LogP contribution in [0.15, 0.2) is 36.4 Å². The first-order valence-electron chi connectivity index (χ1n) is 9.35. The Labute approximate surface area is 178 Å². The van der Waals surface area contributed by atoms with Gasteiger partial charge in [0.2, 0.25) is 0 Å². The second-order valence-electron chi connectivity index (χ2n) is 7.60. The molecule has 4 rings (SSSR count). The van der Waals surface area contributed by atoms with Gasteiger partial charge in [-0.2, -0.15) is 5.10 Å². The van der Waals surface area contributed by atoms with Crippen molar-refractivity contribution in [2.45, 2.75) is 31.9 Å². The van der Waals surface area contributed by atoms with Crippen molar-refractivity contribution in [2.75, 3.05) is 26.7 Å². The van der Waals surface area contributed by atoms with Gasteiger partial charge in [0.05, 0.1) is 11.1 Å². The van der Waals surface area contributed by atoms with Crippen LogP contribution in [0, 0.1) is 5.41 Å². The molecule has 1 unspecified atom stereocenters. The average Bonchev–Trinajstić information content (AvgIpc) is 3.22. The number of carbonyl (C=O) groups is 1. The first kappa shape index (κ1) is 22.7. The van der Waals surface area contributed by atoms with Gasteiger partial charge >= 0.3 is 5.97 Å². The maximum Gasteiger partial charge on any atom is 0.312 e. The standard InChI is InChI=1S/C20H26N4O2.2ClH/c1-24(13-16-11-18(23-22-16)15-5-3-2-4-6-15)14-17-12-20(19(25)26-17)7-9-21-10-8-20;;/h2-6,11,17,21H,7-10,12-14H2,1H3,(H,22,23);2*1H. The van der Waals surface area contributed by atoms with Gasteiger partial charge in [0.1, 0.15) is 6.10 Å². The lowest BCUT2D eigenvalue weighted by Crippen LogP contribution is -2.39. The Hall–Kier alpha value is -1.60. The zero-order valence-corrected chi connectivity index (χ0v) is 17.7. The summed E-state index contributed by atoms with van der Waals surface area (Å²) in [6.45, 7) is 3.32. The van der Waals surface area contributed by atoms with E-state index in [0.717, 1.165) is 62.4 Å². The number of ether oxygens (including phenoxy) is 1. The van der Waals surface area contributed by atoms with Crippen molar-refractivity contribution in [1.82, 2.24) is 20.4 Å². The number of aromatic nitrogens is 2. The zero-order chi connectivity index (χ0) is 18.0. The van der Waals surface area contributed by atoms with Crippen LogP contribution < -0.4 is 5.32 Å². The molecule has 2 N–H and O–H groups in total. The minimum atomic E-state index is -0.245. The summed E-state index contributed by atoms with van der Waals surface area (Å²) in [7, 11) is 2.06. The molecule has 8 heteroatoms. The fraction of sp³-hybridized carbons (Fsp3) is 0.500. The van der Waals surface area contributed by atoms with Crippen LogP contribution in [0.1, 0.15) is 25.0 Å². The predicted molar refractivity (Wildman–Crippen MR) is 114 cm³/mol. The van der Waals surface area contributed by atoms with Gasteiger partial charge in [0.25, 0.3) is 0 Å². The number of benzene rings is 1. The summed E-state index contributed by atoms with van der Waals surface area (Å²) in [6.07, 6.45) is 2.62. The van der Waals surface area contributed by atoms with E-state index >= 15 is 0 Å². The number of carbonyl (C=O) groups excluding carboxylic acids is 1. The quantitative estimate of drug-likeness (QED) is 0.718. The number of piperidine rings is 1. The van der Waals surface area contributed by atoms with Crippen LogP contribution in [0.2, 0.25) is 0 Å². The second kappa shape index (κ2) is 9.74. The molecule has 0 radical (unpaired) electrons. The lowest BCUT2D eigenvalue weighted by Gasteiger charge is -2.29. The molecule has 0 amide bonds. The molecule has 2 saturated heterocycles. The molecule has 6 nitrogen and oxygen atoms in total. The van der Waals surface area contributed by atoms with Crippen molar-refractivity contribution in [3.63, 3.8) is 0 Å². The summed E-state index contributed by atoms with van der Waals surface area (Å²) in [4.78, 5) is 14.6. The van der Waals surface area contributed by atoms with E-state index in [1.165, 1.54) is 0 Å². The van der Waals surface area contributed by atoms with Crippen LogP contribution in [0.4, 0.5) is 0 Å². The van der Waals surface area contributed by atoms with Gasteiger partial charge in [-0.05, 0) is 39.0 Å². The lowest BCUT2D eigenvalue weighted by atomic mass is 9.76. The minimum Gasteiger partial charge on any atom is -0.461 e. The highest BCUT2D eigenvalue weighted by atomic mass is 35.5. The van der Waals surface area contributed by atoms with Crippen LogP contribution in [-0.2, 0) is 16.1 Å². The SMILES string of the molecule is CN(Cc1cc(-c2ccccc2)n[nH]1)CC1CC2(CCNCC2)C(=O)O1.Cl.Cl. The van der Waals surface area contributed by atoms with Crippen molar-refractivity contribution < 1.29 is 9.53 Å². The third kappa shape index (κ3) is 4.87. The number of nitrogens with one attached hydrogen (secondary N) is 2. The van der Waals surface area contributed by atoms with Crippen LogP contribution in [0.25, 0.3) is 11.3 Å². The van der Waals surface area contributed by atoms with Crippen molar-refractivity contribution in [2.24, 2.45) is 5.41 Å². The summed E-state index contributed by atoms with van der Waals surface area (Å²) in [5.74, 6) is 0.00491. The van der Waals surface area contributed by atoms with E-state index in [-0.39, 0.29) is 42.3 Å². The number of esters is 1. The normalized spacial score (nSPS) is 20.5. The van der Waals surface area contributed by atoms with Gasteiger partial charge in [0, 0.05) is 30.8 Å². The van der Waals surface area contributed by atoms with E-state index < -0.39 is 0 Å². The fourth-order valence-corrected chi connectivity index (χ4v) is 4.15. The number of hydrogen-bond acceptors (Lipinski definition) is 5. The number of H-pyrrole nitrogens is 1. The van der Waals surface area contributed by atoms with E-state index in [9.17, 15) is 4.79 Å². The fourth-order valence-electron chi connectivity index (χ4n) is 4.15. The number of cyclic esters (lactones) is 1. The molecule has 1 aromatic carbocycles. The maximum absolute atomic E-state index is 12.4. The summed E-state index contributed by atoms with van der Waals surface area (Å²) < 4.78 is 5.70. The summed E-state index contributed by atoms with van der Waals surface area (Å²) >= 11 is 0. The molecule has 28 heavy (non-hydrogen) atoms. The molecule has 154 valence electrons. The Kier molecular flexibility index (Phi) is 7.89. The largest absolute Gasteiger partial charge is 0.461 e. The van der Waals surface area contributed by atoms with Crippen LogP contribution in [0.5, 0.6) is 0 Å². The maximum atomic E-state index is 12.4. The third-order valence-corrected chi connectivity index (χ3v) is 5.54. The molecule has 0 saturated carbocycles. The van der Waals surface area contributed by atoms with E-state index in [1.54, 1.807) is 0 Å². The topological polar surface area (TPSA) is 70.2 Å². The first-order valence-corrected chi connectivity index (χ1v) is 9.35. The minimum absolute atomic E-state index is 0. The van der Waals surface area contributed by atoms with E-state index in [4.69, 9.17) is 4.74 Å². The second-order valence-corrected chi connectivity index (χ2v) is 7.60. The van der Waals surface area contributed by atoms with Crippen LogP contribution >= 0.6 is 24.8 Å². The lowest BCUT2D eigenvalue weighted by molar-refractivity contribution is -0.150. The summed E-state index contributed by atoms with van der Waals surface area (Å²) in [5, 5.41) is 10.9. The Morgan fingerprint density at radius 2 is 1.93 bits per heavy atom. The van der Waals surface area contributed by atoms with E-state index in [2.05, 4.69) is 45.7 Å². The van der Waals surface area contributed by atoms with Gasteiger partial charge in [0.15, 0.2) is 0 Å². The Bertz CT molecular complexity index is 763. The summed E-state index contributed by atoms with van der Waals surface area (Å²) in [6, 6.07) is 12.2. The number of rotatable bonds is 5. The number of nitrogens with zero attached hydrogens (tertiary/aromatic N) is 2. The zero-order valence-electron chi connectivity index (χ0n) is 16.0. The van der Waals surface area contributed by atoms with Gasteiger partial charge < -0.3 is 10.1 Å². The van der Waals surface area contributed by atoms with Crippen molar-refractivity contribution in [1.29, 1.82) is 0 Å². The summed E-state index contributed by atoms with van der Waals surface area (Å²) in [5.41, 5.74) is 2.88. The molecular formula is C20H28Cl2N4O2. The van der Waals surface area contributed by atoms with Crippen LogP contribution in [0.3, 0.4) is 0 Å². The molecule has 3 heterocycles. The molecule has 2 aliphatic heterocycles. The molecule has 1 spiro atoms. The highest BCUT2D eigenvalue weighted by Crippen LogP contribution is 2.41. The average molecular weight is 427 g/mol. The van der Waals surface area contributed by atoms with Crippen LogP contribution in [-0.4, -0.2) is 53.9 Å². The van der Waals surface area contributed by atoms with Crippen molar-refractivity contribution in [3.05, 3.63) is 42.1 Å². The van der Waals surface area contributed by atoms with Gasteiger partial charge in [-0.25, -0.2) is 0 Å². The smallest absolute Gasteiger partial charge is 0.312 e. The van der Waals surface area contributed by atoms with E-state index in [0.29, 0.717) is 0 Å². The van der Waals surface area contributed by atoms with E-state index in [1.807, 2.05) is 18.2 Å². The highest BCUT2D eigenvalue weighted by molar-refractivity contribution is 5.85. The molecule has 0 aliphatic carbocycles. The molecule has 1 atom stereocenters. The Morgan fingerprint density at radius 1 is 1.21 bits per heavy atom. The number of halogens is 2. The number of likely N-dealkylation sites (N-methyl/N-ethyl adjacent to an activating group) is 1. The Morgan fingerprint density at radius 3 is 2.64 bits per heavy atom. The first-order chi connectivity index (χ1) is 12.6. The number of hydrogen-bond donors (Lipinski definition) is 2. The Balaban J connectivity index is 0.00000140. The molecule has 2 fully saturated rings. The highest BCUT2D eigenvalue weighted by Gasteiger charge is 2.49. The third-order valence-electron chi connectivity index (χ3n) is 5.54. The van der Waals surface area contributed by atoms with Gasteiger partial charge in [-0.15, -0.1) is 24.8 Å². The van der Waals surface area contributed by atoms with Gasteiger partial charge in [-0.3, -0.25) is 14.8 Å².